The second kappa shape index (κ2) is 6.73. The zero-order chi connectivity index (χ0) is 12.3. The van der Waals surface area contributed by atoms with Gasteiger partial charge in [-0.1, -0.05) is 17.7 Å². The Labute approximate surface area is 114 Å². The molecule has 0 radical (unpaired) electrons. The average molecular weight is 271 g/mol. The molecule has 1 heterocycles. The summed E-state index contributed by atoms with van der Waals surface area (Å²) in [7, 11) is 1.78. The summed E-state index contributed by atoms with van der Waals surface area (Å²) < 4.78 is 5.45. The predicted octanol–water partition coefficient (Wildman–Crippen LogP) is 1.37. The maximum absolute atomic E-state index is 12.1. The van der Waals surface area contributed by atoms with Gasteiger partial charge in [-0.2, -0.15) is 0 Å². The first-order valence-corrected chi connectivity index (χ1v) is 5.85. The quantitative estimate of drug-likeness (QED) is 0.883. The summed E-state index contributed by atoms with van der Waals surface area (Å²) in [4.78, 5) is 13.8. The van der Waals surface area contributed by atoms with Crippen LogP contribution in [0.25, 0.3) is 0 Å². The highest BCUT2D eigenvalue weighted by Gasteiger charge is 2.25. The normalized spacial score (nSPS) is 18.9. The fraction of sp³-hybridized carbons (Fsp3) is 0.462. The van der Waals surface area contributed by atoms with Crippen molar-refractivity contribution in [3.05, 3.63) is 29.8 Å². The number of amides is 1. The van der Waals surface area contributed by atoms with Crippen molar-refractivity contribution in [2.75, 3.05) is 31.6 Å². The standard InChI is InChI=1S/C13H18N2O2.ClH/c1-10-3-5-11(6-4-10)15(2)13(16)12-9-14-7-8-17-12;/h3-6,12,14H,7-9H2,1-2H3;1H. The summed E-state index contributed by atoms with van der Waals surface area (Å²) in [6.45, 7) is 4.03. The van der Waals surface area contributed by atoms with Gasteiger partial charge in [0.1, 0.15) is 6.10 Å². The lowest BCUT2D eigenvalue weighted by Crippen LogP contribution is -2.48. The van der Waals surface area contributed by atoms with Crippen LogP contribution in [0.15, 0.2) is 24.3 Å². The molecule has 0 saturated carbocycles. The Morgan fingerprint density at radius 1 is 1.39 bits per heavy atom. The maximum atomic E-state index is 12.1. The number of rotatable bonds is 2. The highest BCUT2D eigenvalue weighted by Crippen LogP contribution is 2.15. The van der Waals surface area contributed by atoms with Crippen LogP contribution in [-0.4, -0.2) is 38.8 Å². The summed E-state index contributed by atoms with van der Waals surface area (Å²) >= 11 is 0. The van der Waals surface area contributed by atoms with Gasteiger partial charge in [-0.25, -0.2) is 0 Å². The minimum absolute atomic E-state index is 0. The highest BCUT2D eigenvalue weighted by atomic mass is 35.5. The Balaban J connectivity index is 0.00000162. The van der Waals surface area contributed by atoms with E-state index in [1.165, 1.54) is 5.56 Å². The van der Waals surface area contributed by atoms with E-state index in [4.69, 9.17) is 4.74 Å². The molecular weight excluding hydrogens is 252 g/mol. The molecule has 1 saturated heterocycles. The third kappa shape index (κ3) is 3.45. The molecule has 2 rings (SSSR count). The van der Waals surface area contributed by atoms with Crippen molar-refractivity contribution in [1.82, 2.24) is 5.32 Å². The number of carbonyl (C=O) groups is 1. The van der Waals surface area contributed by atoms with E-state index in [0.717, 1.165) is 12.2 Å². The molecular formula is C13H19ClN2O2. The van der Waals surface area contributed by atoms with Gasteiger partial charge >= 0.3 is 0 Å². The third-order valence-corrected chi connectivity index (χ3v) is 2.95. The lowest BCUT2D eigenvalue weighted by atomic mass is 10.2. The van der Waals surface area contributed by atoms with Gasteiger partial charge in [-0.15, -0.1) is 12.4 Å². The van der Waals surface area contributed by atoms with Crippen molar-refractivity contribution in [2.45, 2.75) is 13.0 Å². The van der Waals surface area contributed by atoms with E-state index < -0.39 is 0 Å². The lowest BCUT2D eigenvalue weighted by Gasteiger charge is -2.27. The Morgan fingerprint density at radius 3 is 2.61 bits per heavy atom. The summed E-state index contributed by atoms with van der Waals surface area (Å²) in [6, 6.07) is 7.89. The molecule has 1 aromatic carbocycles. The molecule has 5 heteroatoms. The zero-order valence-electron chi connectivity index (χ0n) is 10.7. The van der Waals surface area contributed by atoms with Crippen LogP contribution in [-0.2, 0) is 9.53 Å². The summed E-state index contributed by atoms with van der Waals surface area (Å²) in [5.41, 5.74) is 2.08. The molecule has 0 spiro atoms. The van der Waals surface area contributed by atoms with E-state index in [9.17, 15) is 4.79 Å². The summed E-state index contributed by atoms with van der Waals surface area (Å²) in [5, 5.41) is 3.16. The van der Waals surface area contributed by atoms with Crippen molar-refractivity contribution < 1.29 is 9.53 Å². The van der Waals surface area contributed by atoms with Crippen LogP contribution in [0.5, 0.6) is 0 Å². The van der Waals surface area contributed by atoms with Gasteiger partial charge in [-0.3, -0.25) is 4.79 Å². The number of anilines is 1. The number of carbonyl (C=O) groups excluding carboxylic acids is 1. The molecule has 0 aliphatic carbocycles. The number of hydrogen-bond donors (Lipinski definition) is 1. The Hall–Kier alpha value is -1.10. The van der Waals surface area contributed by atoms with Gasteiger partial charge in [-0.05, 0) is 19.1 Å². The first kappa shape index (κ1) is 15.0. The van der Waals surface area contributed by atoms with Crippen LogP contribution in [0.3, 0.4) is 0 Å². The predicted molar refractivity (Wildman–Crippen MR) is 74.4 cm³/mol. The van der Waals surface area contributed by atoms with Gasteiger partial charge in [0.05, 0.1) is 6.61 Å². The SMILES string of the molecule is Cc1ccc(N(C)C(=O)C2CNCCO2)cc1.Cl. The molecule has 1 fully saturated rings. The van der Waals surface area contributed by atoms with Crippen molar-refractivity contribution in [1.29, 1.82) is 0 Å². The van der Waals surface area contributed by atoms with Gasteiger partial charge < -0.3 is 15.0 Å². The smallest absolute Gasteiger partial charge is 0.257 e. The fourth-order valence-corrected chi connectivity index (χ4v) is 1.84. The maximum Gasteiger partial charge on any atom is 0.257 e. The second-order valence-corrected chi connectivity index (χ2v) is 4.30. The molecule has 1 aromatic rings. The van der Waals surface area contributed by atoms with Crippen LogP contribution in [0, 0.1) is 6.92 Å². The van der Waals surface area contributed by atoms with Gasteiger partial charge in [0.2, 0.25) is 0 Å². The zero-order valence-corrected chi connectivity index (χ0v) is 11.5. The van der Waals surface area contributed by atoms with Crippen molar-refractivity contribution in [2.24, 2.45) is 0 Å². The molecule has 1 N–H and O–H groups in total. The van der Waals surface area contributed by atoms with Gasteiger partial charge in [0.15, 0.2) is 0 Å². The number of benzene rings is 1. The molecule has 0 bridgehead atoms. The van der Waals surface area contributed by atoms with E-state index in [2.05, 4.69) is 5.32 Å². The number of morpholine rings is 1. The number of aryl methyl sites for hydroxylation is 1. The van der Waals surface area contributed by atoms with Crippen LogP contribution < -0.4 is 10.2 Å². The van der Waals surface area contributed by atoms with Crippen LogP contribution in [0.1, 0.15) is 5.56 Å². The van der Waals surface area contributed by atoms with E-state index in [-0.39, 0.29) is 24.4 Å². The van der Waals surface area contributed by atoms with Crippen molar-refractivity contribution >= 4 is 24.0 Å². The molecule has 18 heavy (non-hydrogen) atoms. The number of hydrogen-bond acceptors (Lipinski definition) is 3. The highest BCUT2D eigenvalue weighted by molar-refractivity contribution is 5.96. The average Bonchev–Trinajstić information content (AvgIpc) is 2.39. The molecule has 1 aliphatic heterocycles. The minimum atomic E-state index is -0.366. The van der Waals surface area contributed by atoms with Crippen LogP contribution in [0.4, 0.5) is 5.69 Å². The molecule has 100 valence electrons. The van der Waals surface area contributed by atoms with E-state index in [1.807, 2.05) is 31.2 Å². The van der Waals surface area contributed by atoms with E-state index in [1.54, 1.807) is 11.9 Å². The number of halogens is 1. The lowest BCUT2D eigenvalue weighted by molar-refractivity contribution is -0.131. The minimum Gasteiger partial charge on any atom is -0.366 e. The fourth-order valence-electron chi connectivity index (χ4n) is 1.84. The Morgan fingerprint density at radius 2 is 2.06 bits per heavy atom. The first-order chi connectivity index (χ1) is 8.18. The first-order valence-electron chi connectivity index (χ1n) is 5.85. The number of ether oxygens (including phenoxy) is 1. The number of nitrogens with zero attached hydrogens (tertiary/aromatic N) is 1. The molecule has 4 nitrogen and oxygen atoms in total. The Kier molecular flexibility index (Phi) is 5.59. The van der Waals surface area contributed by atoms with E-state index in [0.29, 0.717) is 13.2 Å². The van der Waals surface area contributed by atoms with Gasteiger partial charge in [0, 0.05) is 25.8 Å². The van der Waals surface area contributed by atoms with Crippen molar-refractivity contribution in [3.8, 4) is 0 Å². The van der Waals surface area contributed by atoms with Crippen LogP contribution >= 0.6 is 12.4 Å². The Bertz CT molecular complexity index is 388. The topological polar surface area (TPSA) is 41.6 Å². The molecule has 1 amide bonds. The van der Waals surface area contributed by atoms with E-state index >= 15 is 0 Å². The number of likely N-dealkylation sites (N-methyl/N-ethyl adjacent to an activating group) is 1. The summed E-state index contributed by atoms with van der Waals surface area (Å²) in [6.07, 6.45) is -0.366. The van der Waals surface area contributed by atoms with Crippen molar-refractivity contribution in [3.63, 3.8) is 0 Å². The third-order valence-electron chi connectivity index (χ3n) is 2.95. The second-order valence-electron chi connectivity index (χ2n) is 4.30. The van der Waals surface area contributed by atoms with Crippen LogP contribution in [0.2, 0.25) is 0 Å². The summed E-state index contributed by atoms with van der Waals surface area (Å²) in [5.74, 6) is 0.000975. The molecule has 1 atom stereocenters. The molecule has 1 aliphatic rings. The largest absolute Gasteiger partial charge is 0.366 e. The number of nitrogens with one attached hydrogen (secondary N) is 1. The van der Waals surface area contributed by atoms with Gasteiger partial charge in [0.25, 0.3) is 5.91 Å². The monoisotopic (exact) mass is 270 g/mol. The molecule has 1 unspecified atom stereocenters. The molecule has 0 aromatic heterocycles.